The van der Waals surface area contributed by atoms with Gasteiger partial charge in [0.05, 0.1) is 12.0 Å². The topological polar surface area (TPSA) is 9.23 Å². The number of hydrogen-bond donors (Lipinski definition) is 0. The molecule has 0 spiro atoms. The van der Waals surface area contributed by atoms with E-state index in [2.05, 4.69) is 0 Å². The summed E-state index contributed by atoms with van der Waals surface area (Å²) in [5.74, 6) is 0.663. The molecule has 0 N–H and O–H groups in total. The Labute approximate surface area is 124 Å². The Kier molecular flexibility index (Phi) is 4.66. The first-order valence-corrected chi connectivity index (χ1v) is 7.10. The number of rotatable bonds is 4. The number of benzene rings is 2. The highest BCUT2D eigenvalue weighted by atomic mass is 35.5. The summed E-state index contributed by atoms with van der Waals surface area (Å²) < 4.78 is 19.1. The molecule has 0 saturated heterocycles. The normalized spacial score (nSPS) is 12.2. The molecule has 0 radical (unpaired) electrons. The van der Waals surface area contributed by atoms with E-state index in [0.717, 1.165) is 16.9 Å². The van der Waals surface area contributed by atoms with Crippen molar-refractivity contribution in [3.8, 4) is 5.75 Å². The summed E-state index contributed by atoms with van der Waals surface area (Å²) in [6.07, 6.45) is 0. The summed E-state index contributed by atoms with van der Waals surface area (Å²) in [6.45, 7) is 6.10. The summed E-state index contributed by atoms with van der Waals surface area (Å²) in [7, 11) is 0. The summed E-state index contributed by atoms with van der Waals surface area (Å²) >= 11 is 6.49. The Morgan fingerprint density at radius 2 is 1.60 bits per heavy atom. The van der Waals surface area contributed by atoms with Crippen LogP contribution in [0.5, 0.6) is 5.75 Å². The summed E-state index contributed by atoms with van der Waals surface area (Å²) in [5, 5.41) is -0.288. The zero-order valence-electron chi connectivity index (χ0n) is 11.9. The summed E-state index contributed by atoms with van der Waals surface area (Å²) in [6, 6.07) is 11.3. The molecule has 1 atom stereocenters. The number of ether oxygens (including phenoxy) is 1. The van der Waals surface area contributed by atoms with E-state index in [-0.39, 0.29) is 11.2 Å². The highest BCUT2D eigenvalue weighted by Crippen LogP contribution is 2.31. The van der Waals surface area contributed by atoms with Crippen LogP contribution < -0.4 is 4.74 Å². The van der Waals surface area contributed by atoms with Crippen molar-refractivity contribution in [1.29, 1.82) is 0 Å². The Bertz CT molecular complexity index is 569. The van der Waals surface area contributed by atoms with Crippen LogP contribution in [-0.2, 0) is 0 Å². The van der Waals surface area contributed by atoms with E-state index in [1.807, 2.05) is 31.2 Å². The lowest BCUT2D eigenvalue weighted by atomic mass is 9.99. The molecule has 1 unspecified atom stereocenters. The zero-order valence-corrected chi connectivity index (χ0v) is 12.7. The zero-order chi connectivity index (χ0) is 14.7. The van der Waals surface area contributed by atoms with Gasteiger partial charge in [0.25, 0.3) is 0 Å². The van der Waals surface area contributed by atoms with Gasteiger partial charge in [0.2, 0.25) is 0 Å². The average Bonchev–Trinajstić information content (AvgIpc) is 2.44. The molecule has 0 aliphatic heterocycles. The second kappa shape index (κ2) is 6.27. The number of aryl methyl sites for hydroxylation is 2. The Morgan fingerprint density at radius 3 is 2.10 bits per heavy atom. The van der Waals surface area contributed by atoms with Crippen LogP contribution >= 0.6 is 11.6 Å². The Hall–Kier alpha value is -1.54. The fourth-order valence-corrected chi connectivity index (χ4v) is 2.49. The van der Waals surface area contributed by atoms with Crippen LogP contribution in [0.3, 0.4) is 0 Å². The molecule has 0 saturated carbocycles. The molecular weight excluding hydrogens is 275 g/mol. The van der Waals surface area contributed by atoms with E-state index in [0.29, 0.717) is 17.7 Å². The maximum Gasteiger partial charge on any atom is 0.129 e. The number of alkyl halides is 1. The van der Waals surface area contributed by atoms with Gasteiger partial charge in [-0.1, -0.05) is 24.3 Å². The molecule has 106 valence electrons. The molecule has 2 aromatic rings. The third-order valence-electron chi connectivity index (χ3n) is 3.24. The average molecular weight is 293 g/mol. The summed E-state index contributed by atoms with van der Waals surface area (Å²) in [5.41, 5.74) is 3.13. The molecule has 0 aliphatic carbocycles. The van der Waals surface area contributed by atoms with E-state index in [9.17, 15) is 4.39 Å². The minimum absolute atomic E-state index is 0.163. The molecule has 3 heteroatoms. The second-order valence-electron chi connectivity index (χ2n) is 4.83. The molecule has 0 amide bonds. The molecule has 1 nitrogen and oxygen atoms in total. The lowest BCUT2D eigenvalue weighted by Crippen LogP contribution is -1.98. The van der Waals surface area contributed by atoms with Crippen LogP contribution in [-0.4, -0.2) is 6.61 Å². The summed E-state index contributed by atoms with van der Waals surface area (Å²) in [4.78, 5) is 0. The molecule has 0 bridgehead atoms. The third-order valence-corrected chi connectivity index (χ3v) is 3.74. The van der Waals surface area contributed by atoms with E-state index in [4.69, 9.17) is 16.3 Å². The largest absolute Gasteiger partial charge is 0.494 e. The van der Waals surface area contributed by atoms with E-state index >= 15 is 0 Å². The molecule has 0 aromatic heterocycles. The van der Waals surface area contributed by atoms with Crippen LogP contribution in [0.15, 0.2) is 36.4 Å². The van der Waals surface area contributed by atoms with Gasteiger partial charge in [0.15, 0.2) is 0 Å². The minimum atomic E-state index is -0.288. The van der Waals surface area contributed by atoms with Gasteiger partial charge >= 0.3 is 0 Å². The maximum atomic E-state index is 13.7. The maximum absolute atomic E-state index is 13.7. The Morgan fingerprint density at radius 1 is 1.05 bits per heavy atom. The van der Waals surface area contributed by atoms with Crippen LogP contribution in [0.1, 0.15) is 34.6 Å². The SMILES string of the molecule is CCOc1ccc(C(Cl)c2cc(C)c(F)c(C)c2)cc1. The fraction of sp³-hybridized carbons (Fsp3) is 0.294. The standard InChI is InChI=1S/C17H18ClFO/c1-4-20-15-7-5-13(6-8-15)16(18)14-9-11(2)17(19)12(3)10-14/h5-10,16H,4H2,1-3H3. The van der Waals surface area contributed by atoms with Crippen LogP contribution in [0.4, 0.5) is 4.39 Å². The molecule has 2 aromatic carbocycles. The molecular formula is C17H18ClFO. The van der Waals surface area contributed by atoms with E-state index in [1.54, 1.807) is 26.0 Å². The van der Waals surface area contributed by atoms with Gasteiger partial charge in [-0.3, -0.25) is 0 Å². The molecule has 0 fully saturated rings. The first-order valence-electron chi connectivity index (χ1n) is 6.66. The lowest BCUT2D eigenvalue weighted by Gasteiger charge is -2.14. The van der Waals surface area contributed by atoms with Crippen molar-refractivity contribution in [2.45, 2.75) is 26.1 Å². The highest BCUT2D eigenvalue weighted by Gasteiger charge is 2.14. The highest BCUT2D eigenvalue weighted by molar-refractivity contribution is 6.22. The molecule has 0 heterocycles. The number of hydrogen-bond acceptors (Lipinski definition) is 1. The van der Waals surface area contributed by atoms with E-state index in [1.165, 1.54) is 0 Å². The fourth-order valence-electron chi connectivity index (χ4n) is 2.22. The third kappa shape index (κ3) is 3.13. The smallest absolute Gasteiger partial charge is 0.129 e. The van der Waals surface area contributed by atoms with Gasteiger partial charge in [0.1, 0.15) is 11.6 Å². The van der Waals surface area contributed by atoms with Crippen molar-refractivity contribution in [3.05, 3.63) is 64.5 Å². The van der Waals surface area contributed by atoms with Crippen LogP contribution in [0.2, 0.25) is 0 Å². The van der Waals surface area contributed by atoms with Crippen molar-refractivity contribution in [1.82, 2.24) is 0 Å². The first-order chi connectivity index (χ1) is 9.52. The second-order valence-corrected chi connectivity index (χ2v) is 5.27. The quantitative estimate of drug-likeness (QED) is 0.706. The lowest BCUT2D eigenvalue weighted by molar-refractivity contribution is 0.340. The van der Waals surface area contributed by atoms with Crippen molar-refractivity contribution in [2.75, 3.05) is 6.61 Å². The van der Waals surface area contributed by atoms with Gasteiger partial charge in [-0.25, -0.2) is 4.39 Å². The van der Waals surface area contributed by atoms with Crippen molar-refractivity contribution >= 4 is 11.6 Å². The Balaban J connectivity index is 2.28. The molecule has 0 aliphatic rings. The van der Waals surface area contributed by atoms with Gasteiger partial charge in [-0.05, 0) is 55.2 Å². The van der Waals surface area contributed by atoms with Gasteiger partial charge in [-0.2, -0.15) is 0 Å². The molecule has 20 heavy (non-hydrogen) atoms. The van der Waals surface area contributed by atoms with Gasteiger partial charge in [0, 0.05) is 0 Å². The predicted octanol–water partition coefficient (Wildman–Crippen LogP) is 5.17. The molecule has 2 rings (SSSR count). The van der Waals surface area contributed by atoms with E-state index < -0.39 is 0 Å². The first kappa shape index (κ1) is 14.9. The van der Waals surface area contributed by atoms with Crippen molar-refractivity contribution < 1.29 is 9.13 Å². The van der Waals surface area contributed by atoms with Crippen molar-refractivity contribution in [2.24, 2.45) is 0 Å². The monoisotopic (exact) mass is 292 g/mol. The number of halogens is 2. The van der Waals surface area contributed by atoms with Gasteiger partial charge in [-0.15, -0.1) is 11.6 Å². The van der Waals surface area contributed by atoms with Gasteiger partial charge < -0.3 is 4.74 Å². The van der Waals surface area contributed by atoms with Crippen molar-refractivity contribution in [3.63, 3.8) is 0 Å². The van der Waals surface area contributed by atoms with Crippen LogP contribution in [0, 0.1) is 19.7 Å². The minimum Gasteiger partial charge on any atom is -0.494 e. The van der Waals surface area contributed by atoms with Crippen LogP contribution in [0.25, 0.3) is 0 Å². The predicted molar refractivity (Wildman–Crippen MR) is 81.2 cm³/mol.